The maximum Gasteiger partial charge on any atom is 0.407 e. The van der Waals surface area contributed by atoms with E-state index in [-0.39, 0.29) is 19.6 Å². The molecular weight excluding hydrogens is 488 g/mol. The van der Waals surface area contributed by atoms with E-state index in [9.17, 15) is 29.7 Å². The Morgan fingerprint density at radius 3 is 0.946 bits per heavy atom. The summed E-state index contributed by atoms with van der Waals surface area (Å²) in [5.74, 6) is 0. The van der Waals surface area contributed by atoms with Crippen molar-refractivity contribution in [1.82, 2.24) is 20.9 Å². The minimum absolute atomic E-state index is 0.0364. The monoisotopic (exact) mass is 536 g/mol. The Kier molecular flexibility index (Phi) is 14.2. The predicted molar refractivity (Wildman–Crippen MR) is 137 cm³/mol. The van der Waals surface area contributed by atoms with E-state index in [0.29, 0.717) is 0 Å². The molecule has 37 heavy (non-hydrogen) atoms. The third kappa shape index (κ3) is 18.5. The maximum absolute atomic E-state index is 12.2. The molecule has 0 aliphatic heterocycles. The van der Waals surface area contributed by atoms with Gasteiger partial charge in [-0.25, -0.2) is 14.4 Å². The minimum atomic E-state index is -0.795. The summed E-state index contributed by atoms with van der Waals surface area (Å²) in [6.07, 6.45) is -2.20. The smallest absolute Gasteiger partial charge is 0.407 e. The van der Waals surface area contributed by atoms with Gasteiger partial charge in [-0.05, 0) is 62.3 Å². The molecule has 0 bridgehead atoms. The van der Waals surface area contributed by atoms with Crippen molar-refractivity contribution in [3.05, 3.63) is 0 Å². The summed E-state index contributed by atoms with van der Waals surface area (Å²) in [4.78, 5) is 38.4. The average Bonchev–Trinajstić information content (AvgIpc) is 2.67. The van der Waals surface area contributed by atoms with Crippen LogP contribution < -0.4 is 16.0 Å². The van der Waals surface area contributed by atoms with Crippen LogP contribution in [0.3, 0.4) is 0 Å². The van der Waals surface area contributed by atoms with Crippen LogP contribution in [0.4, 0.5) is 14.4 Å². The Morgan fingerprint density at radius 2 is 0.784 bits per heavy atom. The van der Waals surface area contributed by atoms with Gasteiger partial charge >= 0.3 is 18.3 Å². The molecular formula is C24H48N4O9. The highest BCUT2D eigenvalue weighted by Gasteiger charge is 2.27. The lowest BCUT2D eigenvalue weighted by atomic mass is 10.2. The number of nitrogens with zero attached hydrogens (tertiary/aromatic N) is 1. The molecule has 0 aliphatic rings. The van der Waals surface area contributed by atoms with Crippen molar-refractivity contribution in [2.75, 3.05) is 39.5 Å². The molecule has 0 heterocycles. The Morgan fingerprint density at radius 1 is 0.568 bits per heavy atom. The molecule has 3 atom stereocenters. The molecule has 0 aliphatic carbocycles. The van der Waals surface area contributed by atoms with Gasteiger partial charge in [0.05, 0.1) is 37.9 Å². The van der Waals surface area contributed by atoms with Crippen LogP contribution in [-0.2, 0) is 14.2 Å². The molecule has 3 amide bonds. The fourth-order valence-electron chi connectivity index (χ4n) is 3.03. The Hall–Kier alpha value is -2.35. The Bertz CT molecular complexity index is 619. The van der Waals surface area contributed by atoms with E-state index in [4.69, 9.17) is 14.2 Å². The van der Waals surface area contributed by atoms with Gasteiger partial charge in [-0.15, -0.1) is 0 Å². The zero-order valence-electron chi connectivity index (χ0n) is 23.7. The quantitative estimate of drug-likeness (QED) is 0.197. The molecule has 0 rings (SSSR count). The van der Waals surface area contributed by atoms with Crippen LogP contribution >= 0.6 is 0 Å². The van der Waals surface area contributed by atoms with E-state index < -0.39 is 73.0 Å². The van der Waals surface area contributed by atoms with E-state index in [2.05, 4.69) is 16.0 Å². The first kappa shape index (κ1) is 34.6. The second kappa shape index (κ2) is 15.2. The molecule has 0 aromatic rings. The molecule has 0 saturated carbocycles. The summed E-state index contributed by atoms with van der Waals surface area (Å²) < 4.78 is 15.7. The summed E-state index contributed by atoms with van der Waals surface area (Å²) in [6, 6.07) is -2.38. The van der Waals surface area contributed by atoms with E-state index >= 15 is 0 Å². The molecule has 0 fully saturated rings. The zero-order chi connectivity index (χ0) is 29.0. The molecule has 13 heteroatoms. The highest BCUT2D eigenvalue weighted by atomic mass is 16.6. The molecule has 0 aromatic carbocycles. The number of hydrogen-bond acceptors (Lipinski definition) is 10. The van der Waals surface area contributed by atoms with Crippen molar-refractivity contribution >= 4 is 18.3 Å². The topological polar surface area (TPSA) is 179 Å². The number of rotatable bonds is 12. The number of alkyl carbamates (subject to hydrolysis) is 3. The fraction of sp³-hybridized carbons (Fsp3) is 0.875. The third-order valence-electron chi connectivity index (χ3n) is 4.26. The molecule has 0 aromatic heterocycles. The van der Waals surface area contributed by atoms with E-state index in [1.165, 1.54) is 0 Å². The van der Waals surface area contributed by atoms with Gasteiger partial charge in [0.1, 0.15) is 16.8 Å². The van der Waals surface area contributed by atoms with Crippen molar-refractivity contribution in [2.24, 2.45) is 0 Å². The second-order valence-corrected chi connectivity index (χ2v) is 11.8. The van der Waals surface area contributed by atoms with Crippen LogP contribution in [-0.4, -0.2) is 113 Å². The number of hydrogen-bond donors (Lipinski definition) is 6. The summed E-state index contributed by atoms with van der Waals surface area (Å²) >= 11 is 0. The SMILES string of the molecule is CC(C)(C)OC(=O)N[C@@H](CO)CN(C[C@H](CO)NC(=O)OC(C)(C)C)C[C@H](CO)NC(=O)OC(C)(C)C. The van der Waals surface area contributed by atoms with Gasteiger partial charge in [-0.1, -0.05) is 0 Å². The number of ether oxygens (including phenoxy) is 3. The van der Waals surface area contributed by atoms with Crippen LogP contribution in [0.25, 0.3) is 0 Å². The van der Waals surface area contributed by atoms with Crippen molar-refractivity contribution in [2.45, 2.75) is 97.2 Å². The van der Waals surface area contributed by atoms with Crippen LogP contribution in [0.5, 0.6) is 0 Å². The van der Waals surface area contributed by atoms with E-state index in [1.807, 2.05) is 0 Å². The number of carbonyl (C=O) groups is 3. The van der Waals surface area contributed by atoms with Crippen LogP contribution in [0.1, 0.15) is 62.3 Å². The number of carbonyl (C=O) groups excluding carboxylic acids is 3. The summed E-state index contributed by atoms with van der Waals surface area (Å²) in [5, 5.41) is 37.4. The van der Waals surface area contributed by atoms with Crippen molar-refractivity contribution in [3.8, 4) is 0 Å². The number of nitrogens with one attached hydrogen (secondary N) is 3. The van der Waals surface area contributed by atoms with Crippen LogP contribution in [0, 0.1) is 0 Å². The van der Waals surface area contributed by atoms with Gasteiger partial charge in [-0.3, -0.25) is 4.90 Å². The summed E-state index contributed by atoms with van der Waals surface area (Å²) in [5.41, 5.74) is -2.24. The first-order valence-corrected chi connectivity index (χ1v) is 12.3. The lowest BCUT2D eigenvalue weighted by molar-refractivity contribution is 0.0409. The molecule has 13 nitrogen and oxygen atoms in total. The van der Waals surface area contributed by atoms with Gasteiger partial charge in [0, 0.05) is 19.6 Å². The highest BCUT2D eigenvalue weighted by molar-refractivity contribution is 5.69. The number of aliphatic hydroxyl groups excluding tert-OH is 3. The molecule has 0 saturated heterocycles. The number of aliphatic hydroxyl groups is 3. The van der Waals surface area contributed by atoms with Gasteiger partial charge in [0.15, 0.2) is 0 Å². The standard InChI is InChI=1S/C24H48N4O9/c1-22(2,3)35-19(32)25-16(13-29)10-28(11-17(14-30)26-20(33)36-23(4,5)6)12-18(15-31)27-21(34)37-24(7,8)9/h16-18,29-31H,10-15H2,1-9H3,(H,25,32)(H,26,33)(H,27,34)/t16-,17-,18-/m1/s1. The summed E-state index contributed by atoms with van der Waals surface area (Å²) in [6.45, 7) is 14.1. The Balaban J connectivity index is 5.60. The van der Waals surface area contributed by atoms with Crippen molar-refractivity contribution in [3.63, 3.8) is 0 Å². The normalized spacial score (nSPS) is 14.8. The molecule has 0 unspecified atom stereocenters. The predicted octanol–water partition coefficient (Wildman–Crippen LogP) is 0.945. The lowest BCUT2D eigenvalue weighted by Crippen LogP contribution is -2.56. The fourth-order valence-corrected chi connectivity index (χ4v) is 3.03. The lowest BCUT2D eigenvalue weighted by Gasteiger charge is -2.33. The van der Waals surface area contributed by atoms with Crippen molar-refractivity contribution in [1.29, 1.82) is 0 Å². The molecule has 6 N–H and O–H groups in total. The second-order valence-electron chi connectivity index (χ2n) is 11.8. The Labute approximate surface area is 220 Å². The highest BCUT2D eigenvalue weighted by Crippen LogP contribution is 2.10. The molecule has 0 spiro atoms. The van der Waals surface area contributed by atoms with Gasteiger partial charge in [0.2, 0.25) is 0 Å². The van der Waals surface area contributed by atoms with Gasteiger partial charge in [0.25, 0.3) is 0 Å². The first-order chi connectivity index (χ1) is 16.8. The van der Waals surface area contributed by atoms with Crippen LogP contribution in [0.2, 0.25) is 0 Å². The molecule has 218 valence electrons. The number of amides is 3. The largest absolute Gasteiger partial charge is 0.444 e. The van der Waals surface area contributed by atoms with Gasteiger partial charge < -0.3 is 45.5 Å². The maximum atomic E-state index is 12.2. The zero-order valence-corrected chi connectivity index (χ0v) is 23.7. The van der Waals surface area contributed by atoms with Gasteiger partial charge in [-0.2, -0.15) is 0 Å². The third-order valence-corrected chi connectivity index (χ3v) is 4.26. The van der Waals surface area contributed by atoms with Crippen LogP contribution in [0.15, 0.2) is 0 Å². The first-order valence-electron chi connectivity index (χ1n) is 12.3. The minimum Gasteiger partial charge on any atom is -0.444 e. The average molecular weight is 537 g/mol. The molecule has 0 radical (unpaired) electrons. The summed E-state index contributed by atoms with van der Waals surface area (Å²) in [7, 11) is 0. The van der Waals surface area contributed by atoms with Crippen molar-refractivity contribution < 1.29 is 43.9 Å². The van der Waals surface area contributed by atoms with E-state index in [0.717, 1.165) is 0 Å². The van der Waals surface area contributed by atoms with E-state index in [1.54, 1.807) is 67.2 Å².